The minimum atomic E-state index is 0.0782. The molecule has 112 valence electrons. The van der Waals surface area contributed by atoms with E-state index in [0.717, 1.165) is 31.4 Å². The van der Waals surface area contributed by atoms with Gasteiger partial charge in [0.1, 0.15) is 6.61 Å². The van der Waals surface area contributed by atoms with E-state index in [9.17, 15) is 0 Å². The highest BCUT2D eigenvalue weighted by molar-refractivity contribution is 6.32. The lowest BCUT2D eigenvalue weighted by atomic mass is 10.1. The Bertz CT molecular complexity index is 445. The maximum absolute atomic E-state index is 6.30. The second-order valence-electron chi connectivity index (χ2n) is 5.24. The van der Waals surface area contributed by atoms with Gasteiger partial charge in [-0.05, 0) is 43.9 Å². The number of methoxy groups -OCH3 is 1. The average molecular weight is 300 g/mol. The molecule has 20 heavy (non-hydrogen) atoms. The van der Waals surface area contributed by atoms with Crippen molar-refractivity contribution in [1.29, 1.82) is 0 Å². The van der Waals surface area contributed by atoms with E-state index in [1.807, 2.05) is 19.1 Å². The monoisotopic (exact) mass is 299 g/mol. The van der Waals surface area contributed by atoms with Crippen LogP contribution in [0.25, 0.3) is 0 Å². The minimum absolute atomic E-state index is 0.0782. The van der Waals surface area contributed by atoms with Gasteiger partial charge in [-0.3, -0.25) is 0 Å². The Kier molecular flexibility index (Phi) is 5.52. The van der Waals surface area contributed by atoms with Crippen LogP contribution >= 0.6 is 11.6 Å². The summed E-state index contributed by atoms with van der Waals surface area (Å²) in [6.45, 7) is 3.27. The maximum atomic E-state index is 6.30. The third-order valence-electron chi connectivity index (χ3n) is 3.28. The fraction of sp³-hybridized carbons (Fsp3) is 0.600. The molecular formula is C15H22ClNO3. The third kappa shape index (κ3) is 4.01. The molecule has 1 fully saturated rings. The van der Waals surface area contributed by atoms with Crippen LogP contribution in [0.4, 0.5) is 0 Å². The molecule has 1 aromatic rings. The highest BCUT2D eigenvalue weighted by Gasteiger charge is 2.19. The minimum Gasteiger partial charge on any atom is -0.493 e. The standard InChI is InChI=1S/C15H22ClNO3/c1-10(17)6-11-7-13(16)15(14(8-11)18-2)20-9-12-4-3-5-19-12/h7-8,10,12H,3-6,9,17H2,1-2H3. The summed E-state index contributed by atoms with van der Waals surface area (Å²) in [5, 5.41) is 0.554. The lowest BCUT2D eigenvalue weighted by molar-refractivity contribution is 0.0670. The van der Waals surface area contributed by atoms with E-state index in [1.165, 1.54) is 0 Å². The van der Waals surface area contributed by atoms with Crippen molar-refractivity contribution < 1.29 is 14.2 Å². The zero-order valence-corrected chi connectivity index (χ0v) is 12.8. The Morgan fingerprint density at radius 3 is 2.90 bits per heavy atom. The number of benzene rings is 1. The first kappa shape index (κ1) is 15.4. The summed E-state index contributed by atoms with van der Waals surface area (Å²) in [6, 6.07) is 3.90. The van der Waals surface area contributed by atoms with Crippen LogP contribution in [0.3, 0.4) is 0 Å². The highest BCUT2D eigenvalue weighted by Crippen LogP contribution is 2.37. The lowest BCUT2D eigenvalue weighted by Gasteiger charge is -2.17. The van der Waals surface area contributed by atoms with Crippen molar-refractivity contribution in [1.82, 2.24) is 0 Å². The van der Waals surface area contributed by atoms with Gasteiger partial charge in [0.25, 0.3) is 0 Å². The maximum Gasteiger partial charge on any atom is 0.179 e. The van der Waals surface area contributed by atoms with Gasteiger partial charge < -0.3 is 19.9 Å². The molecule has 4 nitrogen and oxygen atoms in total. The number of ether oxygens (including phenoxy) is 3. The number of nitrogens with two attached hydrogens (primary N) is 1. The van der Waals surface area contributed by atoms with Gasteiger partial charge >= 0.3 is 0 Å². The molecule has 1 aromatic carbocycles. The summed E-state index contributed by atoms with van der Waals surface area (Å²) in [4.78, 5) is 0. The van der Waals surface area contributed by atoms with E-state index in [0.29, 0.717) is 23.1 Å². The van der Waals surface area contributed by atoms with Crippen molar-refractivity contribution in [2.45, 2.75) is 38.3 Å². The Hall–Kier alpha value is -0.970. The number of hydrogen-bond donors (Lipinski definition) is 1. The van der Waals surface area contributed by atoms with Crippen LogP contribution in [0.1, 0.15) is 25.3 Å². The number of rotatable bonds is 6. The van der Waals surface area contributed by atoms with Crippen LogP contribution in [-0.2, 0) is 11.2 Å². The quantitative estimate of drug-likeness (QED) is 0.877. The molecule has 0 spiro atoms. The van der Waals surface area contributed by atoms with E-state index in [2.05, 4.69) is 0 Å². The molecule has 2 unspecified atom stereocenters. The molecule has 0 saturated carbocycles. The van der Waals surface area contributed by atoms with Gasteiger partial charge in [-0.1, -0.05) is 11.6 Å². The largest absolute Gasteiger partial charge is 0.493 e. The molecule has 1 aliphatic heterocycles. The van der Waals surface area contributed by atoms with Gasteiger partial charge in [0.15, 0.2) is 11.5 Å². The van der Waals surface area contributed by atoms with E-state index in [-0.39, 0.29) is 12.1 Å². The molecular weight excluding hydrogens is 278 g/mol. The van der Waals surface area contributed by atoms with Gasteiger partial charge in [-0.2, -0.15) is 0 Å². The van der Waals surface area contributed by atoms with Gasteiger partial charge in [-0.15, -0.1) is 0 Å². The molecule has 0 aromatic heterocycles. The molecule has 0 amide bonds. The molecule has 1 heterocycles. The first-order chi connectivity index (χ1) is 9.60. The van der Waals surface area contributed by atoms with E-state index in [4.69, 9.17) is 31.5 Å². The molecule has 0 radical (unpaired) electrons. The molecule has 1 aliphatic rings. The second kappa shape index (κ2) is 7.16. The summed E-state index contributed by atoms with van der Waals surface area (Å²) in [5.74, 6) is 1.23. The zero-order chi connectivity index (χ0) is 14.5. The predicted molar refractivity (Wildman–Crippen MR) is 79.8 cm³/mol. The molecule has 0 bridgehead atoms. The Morgan fingerprint density at radius 1 is 1.50 bits per heavy atom. The molecule has 2 rings (SSSR count). The van der Waals surface area contributed by atoms with Crippen LogP contribution in [0.5, 0.6) is 11.5 Å². The number of hydrogen-bond acceptors (Lipinski definition) is 4. The number of halogens is 1. The molecule has 5 heteroatoms. The molecule has 2 N–H and O–H groups in total. The first-order valence-electron chi connectivity index (χ1n) is 6.96. The van der Waals surface area contributed by atoms with Crippen LogP contribution in [-0.4, -0.2) is 32.5 Å². The van der Waals surface area contributed by atoms with Crippen molar-refractivity contribution in [3.63, 3.8) is 0 Å². The Balaban J connectivity index is 2.10. The zero-order valence-electron chi connectivity index (χ0n) is 12.0. The fourth-order valence-corrected chi connectivity index (χ4v) is 2.64. The average Bonchev–Trinajstić information content (AvgIpc) is 2.89. The summed E-state index contributed by atoms with van der Waals surface area (Å²) < 4.78 is 16.7. The van der Waals surface area contributed by atoms with Crippen LogP contribution < -0.4 is 15.2 Å². The smallest absolute Gasteiger partial charge is 0.179 e. The summed E-state index contributed by atoms with van der Waals surface area (Å²) >= 11 is 6.30. The van der Waals surface area contributed by atoms with Crippen LogP contribution in [0.2, 0.25) is 5.02 Å². The topological polar surface area (TPSA) is 53.7 Å². The van der Waals surface area contributed by atoms with Crippen molar-refractivity contribution in [2.75, 3.05) is 20.3 Å². The van der Waals surface area contributed by atoms with Crippen molar-refractivity contribution >= 4 is 11.6 Å². The summed E-state index contributed by atoms with van der Waals surface area (Å²) in [5.41, 5.74) is 6.86. The van der Waals surface area contributed by atoms with E-state index >= 15 is 0 Å². The SMILES string of the molecule is COc1cc(CC(C)N)cc(Cl)c1OCC1CCCO1. The Morgan fingerprint density at radius 2 is 2.30 bits per heavy atom. The molecule has 2 atom stereocenters. The second-order valence-corrected chi connectivity index (χ2v) is 5.64. The Labute approximate surface area is 125 Å². The van der Waals surface area contributed by atoms with E-state index < -0.39 is 0 Å². The van der Waals surface area contributed by atoms with Crippen LogP contribution in [0, 0.1) is 0 Å². The van der Waals surface area contributed by atoms with Crippen LogP contribution in [0.15, 0.2) is 12.1 Å². The third-order valence-corrected chi connectivity index (χ3v) is 3.57. The predicted octanol–water partition coefficient (Wildman–Crippen LogP) is 2.80. The van der Waals surface area contributed by atoms with Gasteiger partial charge in [0.05, 0.1) is 18.2 Å². The lowest BCUT2D eigenvalue weighted by Crippen LogP contribution is -2.18. The summed E-state index contributed by atoms with van der Waals surface area (Å²) in [7, 11) is 1.61. The summed E-state index contributed by atoms with van der Waals surface area (Å²) in [6.07, 6.45) is 3.02. The van der Waals surface area contributed by atoms with Gasteiger partial charge in [0, 0.05) is 12.6 Å². The normalized spacial score (nSPS) is 19.9. The first-order valence-corrected chi connectivity index (χ1v) is 7.34. The molecule has 0 aliphatic carbocycles. The molecule has 1 saturated heterocycles. The van der Waals surface area contributed by atoms with Crippen molar-refractivity contribution in [3.8, 4) is 11.5 Å². The van der Waals surface area contributed by atoms with Gasteiger partial charge in [-0.25, -0.2) is 0 Å². The van der Waals surface area contributed by atoms with Gasteiger partial charge in [0.2, 0.25) is 0 Å². The van der Waals surface area contributed by atoms with Crippen molar-refractivity contribution in [3.05, 3.63) is 22.7 Å². The highest BCUT2D eigenvalue weighted by atomic mass is 35.5. The fourth-order valence-electron chi connectivity index (χ4n) is 2.36. The van der Waals surface area contributed by atoms with Crippen molar-refractivity contribution in [2.24, 2.45) is 5.73 Å². The van der Waals surface area contributed by atoms with E-state index in [1.54, 1.807) is 7.11 Å².